The third-order valence-corrected chi connectivity index (χ3v) is 5.69. The lowest BCUT2D eigenvalue weighted by Crippen LogP contribution is -2.45. The molecule has 1 amide bonds. The van der Waals surface area contributed by atoms with Crippen molar-refractivity contribution in [2.45, 2.75) is 64.3 Å². The molecular formula is C22H34N2O2. The van der Waals surface area contributed by atoms with Crippen molar-refractivity contribution in [3.63, 3.8) is 0 Å². The average molecular weight is 359 g/mol. The van der Waals surface area contributed by atoms with E-state index in [0.29, 0.717) is 6.04 Å². The van der Waals surface area contributed by atoms with E-state index in [4.69, 9.17) is 4.74 Å². The van der Waals surface area contributed by atoms with Crippen LogP contribution in [0, 0.1) is 0 Å². The third-order valence-electron chi connectivity index (χ3n) is 5.69. The highest BCUT2D eigenvalue weighted by Crippen LogP contribution is 2.24. The molecule has 1 unspecified atom stereocenters. The number of hydrogen-bond donors (Lipinski definition) is 0. The van der Waals surface area contributed by atoms with E-state index in [0.717, 1.165) is 56.7 Å². The minimum Gasteiger partial charge on any atom is -0.494 e. The molecule has 0 radical (unpaired) electrons. The van der Waals surface area contributed by atoms with Crippen LogP contribution < -0.4 is 4.74 Å². The van der Waals surface area contributed by atoms with Gasteiger partial charge in [-0.25, -0.2) is 0 Å². The predicted octanol–water partition coefficient (Wildman–Crippen LogP) is 4.35. The van der Waals surface area contributed by atoms with Gasteiger partial charge in [-0.1, -0.05) is 13.3 Å². The van der Waals surface area contributed by atoms with E-state index in [2.05, 4.69) is 16.7 Å². The number of benzene rings is 1. The highest BCUT2D eigenvalue weighted by molar-refractivity contribution is 5.94. The molecule has 3 rings (SSSR count). The zero-order valence-corrected chi connectivity index (χ0v) is 16.3. The number of nitrogens with zero attached hydrogens (tertiary/aromatic N) is 2. The van der Waals surface area contributed by atoms with Gasteiger partial charge in [0.15, 0.2) is 0 Å². The highest BCUT2D eigenvalue weighted by Gasteiger charge is 2.28. The van der Waals surface area contributed by atoms with Crippen LogP contribution in [0.15, 0.2) is 24.3 Å². The Bertz CT molecular complexity index is 552. The molecular weight excluding hydrogens is 324 g/mol. The molecule has 1 aromatic carbocycles. The van der Waals surface area contributed by atoms with Crippen LogP contribution in [0.25, 0.3) is 0 Å². The average Bonchev–Trinajstić information content (AvgIpc) is 2.71. The lowest BCUT2D eigenvalue weighted by molar-refractivity contribution is 0.0579. The standard InChI is InChI=1S/C22H34N2O2/c1-2-18-26-21-11-9-19(10-12-21)22(25)24-16-7-4-8-20(24)13-17-23-14-5-3-6-15-23/h9-12,20H,2-8,13-18H2,1H3. The lowest BCUT2D eigenvalue weighted by Gasteiger charge is -2.37. The summed E-state index contributed by atoms with van der Waals surface area (Å²) >= 11 is 0. The number of likely N-dealkylation sites (tertiary alicyclic amines) is 2. The Labute approximate surface area is 158 Å². The van der Waals surface area contributed by atoms with Gasteiger partial charge >= 0.3 is 0 Å². The molecule has 0 saturated carbocycles. The Hall–Kier alpha value is -1.55. The van der Waals surface area contributed by atoms with E-state index in [1.54, 1.807) is 0 Å². The summed E-state index contributed by atoms with van der Waals surface area (Å²) in [5.41, 5.74) is 0.790. The van der Waals surface area contributed by atoms with Gasteiger partial charge in [0.05, 0.1) is 6.61 Å². The third kappa shape index (κ3) is 5.23. The van der Waals surface area contributed by atoms with Crippen molar-refractivity contribution in [1.29, 1.82) is 0 Å². The first-order valence-corrected chi connectivity index (χ1v) is 10.5. The van der Waals surface area contributed by atoms with Gasteiger partial charge in [-0.2, -0.15) is 0 Å². The maximum Gasteiger partial charge on any atom is 0.254 e. The number of carbonyl (C=O) groups excluding carboxylic acids is 1. The van der Waals surface area contributed by atoms with Crippen LogP contribution in [0.1, 0.15) is 68.6 Å². The molecule has 4 heteroatoms. The van der Waals surface area contributed by atoms with Gasteiger partial charge in [0.1, 0.15) is 5.75 Å². The number of ether oxygens (including phenoxy) is 1. The molecule has 4 nitrogen and oxygen atoms in total. The van der Waals surface area contributed by atoms with Gasteiger partial charge in [0.25, 0.3) is 5.91 Å². The second-order valence-corrected chi connectivity index (χ2v) is 7.71. The Morgan fingerprint density at radius 3 is 2.50 bits per heavy atom. The predicted molar refractivity (Wildman–Crippen MR) is 106 cm³/mol. The fraction of sp³-hybridized carbons (Fsp3) is 0.682. The molecule has 0 aliphatic carbocycles. The van der Waals surface area contributed by atoms with E-state index in [9.17, 15) is 4.79 Å². The van der Waals surface area contributed by atoms with Gasteiger partial charge in [0.2, 0.25) is 0 Å². The summed E-state index contributed by atoms with van der Waals surface area (Å²) in [6.45, 7) is 7.33. The molecule has 1 atom stereocenters. The van der Waals surface area contributed by atoms with Crippen LogP contribution in [0.3, 0.4) is 0 Å². The molecule has 0 bridgehead atoms. The topological polar surface area (TPSA) is 32.8 Å². The van der Waals surface area contributed by atoms with Gasteiger partial charge in [0, 0.05) is 24.7 Å². The van der Waals surface area contributed by atoms with Crippen molar-refractivity contribution in [1.82, 2.24) is 9.80 Å². The monoisotopic (exact) mass is 358 g/mol. The van der Waals surface area contributed by atoms with Crippen LogP contribution in [-0.4, -0.2) is 54.5 Å². The van der Waals surface area contributed by atoms with Gasteiger partial charge < -0.3 is 14.5 Å². The van der Waals surface area contributed by atoms with Gasteiger partial charge in [-0.05, 0) is 82.3 Å². The normalized spacial score (nSPS) is 21.6. The molecule has 0 aromatic heterocycles. The van der Waals surface area contributed by atoms with Crippen molar-refractivity contribution in [3.05, 3.63) is 29.8 Å². The van der Waals surface area contributed by atoms with E-state index < -0.39 is 0 Å². The van der Waals surface area contributed by atoms with Crippen LogP contribution in [-0.2, 0) is 0 Å². The summed E-state index contributed by atoms with van der Waals surface area (Å²) in [6.07, 6.45) is 9.68. The lowest BCUT2D eigenvalue weighted by atomic mass is 9.97. The summed E-state index contributed by atoms with van der Waals surface area (Å²) in [5.74, 6) is 1.04. The van der Waals surface area contributed by atoms with Crippen molar-refractivity contribution in [2.75, 3.05) is 32.8 Å². The Kier molecular flexibility index (Phi) is 7.36. The van der Waals surface area contributed by atoms with E-state index in [-0.39, 0.29) is 5.91 Å². The van der Waals surface area contributed by atoms with E-state index in [1.165, 1.54) is 38.8 Å². The summed E-state index contributed by atoms with van der Waals surface area (Å²) in [7, 11) is 0. The highest BCUT2D eigenvalue weighted by atomic mass is 16.5. The quantitative estimate of drug-likeness (QED) is 0.726. The zero-order chi connectivity index (χ0) is 18.2. The number of carbonyl (C=O) groups is 1. The zero-order valence-electron chi connectivity index (χ0n) is 16.3. The van der Waals surface area contributed by atoms with Gasteiger partial charge in [-0.15, -0.1) is 0 Å². The van der Waals surface area contributed by atoms with E-state index in [1.807, 2.05) is 24.3 Å². The SMILES string of the molecule is CCCOc1ccc(C(=O)N2CCCCC2CCN2CCCCC2)cc1. The second-order valence-electron chi connectivity index (χ2n) is 7.71. The molecule has 2 aliphatic heterocycles. The molecule has 0 N–H and O–H groups in total. The molecule has 2 fully saturated rings. The maximum absolute atomic E-state index is 13.1. The fourth-order valence-electron chi connectivity index (χ4n) is 4.16. The van der Waals surface area contributed by atoms with E-state index >= 15 is 0 Å². The van der Waals surface area contributed by atoms with Crippen molar-refractivity contribution in [3.8, 4) is 5.75 Å². The van der Waals surface area contributed by atoms with Crippen LogP contribution >= 0.6 is 0 Å². The van der Waals surface area contributed by atoms with Crippen LogP contribution in [0.4, 0.5) is 0 Å². The summed E-state index contributed by atoms with van der Waals surface area (Å²) in [6, 6.07) is 8.09. The van der Waals surface area contributed by atoms with Crippen molar-refractivity contribution >= 4 is 5.91 Å². The summed E-state index contributed by atoms with van der Waals surface area (Å²) in [5, 5.41) is 0. The Morgan fingerprint density at radius 1 is 1.04 bits per heavy atom. The number of hydrogen-bond acceptors (Lipinski definition) is 3. The molecule has 2 heterocycles. The smallest absolute Gasteiger partial charge is 0.254 e. The largest absolute Gasteiger partial charge is 0.494 e. The van der Waals surface area contributed by atoms with Crippen molar-refractivity contribution < 1.29 is 9.53 Å². The van der Waals surface area contributed by atoms with Crippen molar-refractivity contribution in [2.24, 2.45) is 0 Å². The summed E-state index contributed by atoms with van der Waals surface area (Å²) in [4.78, 5) is 17.8. The molecule has 2 aliphatic rings. The minimum absolute atomic E-state index is 0.190. The number of amides is 1. The maximum atomic E-state index is 13.1. The molecule has 2 saturated heterocycles. The number of rotatable bonds is 7. The number of piperidine rings is 2. The first-order chi connectivity index (χ1) is 12.8. The Balaban J connectivity index is 1.58. The first kappa shape index (κ1) is 19.2. The molecule has 0 spiro atoms. The molecule has 26 heavy (non-hydrogen) atoms. The second kappa shape index (κ2) is 9.96. The molecule has 144 valence electrons. The molecule has 1 aromatic rings. The Morgan fingerprint density at radius 2 is 1.77 bits per heavy atom. The van der Waals surface area contributed by atoms with Gasteiger partial charge in [-0.3, -0.25) is 4.79 Å². The fourth-order valence-corrected chi connectivity index (χ4v) is 4.16. The minimum atomic E-state index is 0.190. The summed E-state index contributed by atoms with van der Waals surface area (Å²) < 4.78 is 5.63. The van der Waals surface area contributed by atoms with Crippen LogP contribution in [0.5, 0.6) is 5.75 Å². The van der Waals surface area contributed by atoms with Crippen LogP contribution in [0.2, 0.25) is 0 Å². The first-order valence-electron chi connectivity index (χ1n) is 10.5.